The van der Waals surface area contributed by atoms with E-state index in [1.165, 1.54) is 52.5 Å². The van der Waals surface area contributed by atoms with Gasteiger partial charge in [-0.25, -0.2) is 15.0 Å². The van der Waals surface area contributed by atoms with Crippen LogP contribution in [0.4, 0.5) is 0 Å². The molecule has 5 nitrogen and oxygen atoms in total. The van der Waals surface area contributed by atoms with Gasteiger partial charge in [0.15, 0.2) is 17.5 Å². The number of benzene rings is 10. The lowest BCUT2D eigenvalue weighted by molar-refractivity contribution is 0.669. The molecule has 4 aromatic heterocycles. The quantitative estimate of drug-likeness (QED) is 0.177. The fraction of sp³-hybridized carbons (Fsp3) is 0. The number of thiophene rings is 1. The van der Waals surface area contributed by atoms with Crippen molar-refractivity contribution in [1.82, 2.24) is 19.5 Å². The Morgan fingerprint density at radius 3 is 1.94 bits per heavy atom. The van der Waals surface area contributed by atoms with Crippen molar-refractivity contribution in [2.45, 2.75) is 0 Å². The van der Waals surface area contributed by atoms with E-state index < -0.39 is 0 Å². The van der Waals surface area contributed by atoms with Crippen molar-refractivity contribution in [3.63, 3.8) is 0 Å². The number of aromatic nitrogens is 4. The van der Waals surface area contributed by atoms with Crippen LogP contribution in [0.25, 0.3) is 136 Å². The van der Waals surface area contributed by atoms with Crippen LogP contribution < -0.4 is 0 Å². The molecule has 0 fully saturated rings. The molecule has 0 aliphatic heterocycles. The van der Waals surface area contributed by atoms with Gasteiger partial charge in [0.25, 0.3) is 0 Å². The van der Waals surface area contributed by atoms with Gasteiger partial charge in [-0.3, -0.25) is 0 Å². The van der Waals surface area contributed by atoms with E-state index in [2.05, 4.69) is 187 Å². The Morgan fingerprint density at radius 2 is 1.06 bits per heavy atom. The maximum absolute atomic E-state index is 6.99. The first-order valence-electron chi connectivity index (χ1n) is 21.2. The molecule has 0 atom stereocenters. The molecule has 63 heavy (non-hydrogen) atoms. The second-order valence-corrected chi connectivity index (χ2v) is 17.4. The number of para-hydroxylation sites is 1. The van der Waals surface area contributed by atoms with Crippen LogP contribution in [-0.4, -0.2) is 19.5 Å². The predicted molar refractivity (Wildman–Crippen MR) is 263 cm³/mol. The maximum Gasteiger partial charge on any atom is 0.170 e. The van der Waals surface area contributed by atoms with E-state index in [0.29, 0.717) is 17.5 Å². The van der Waals surface area contributed by atoms with Crippen molar-refractivity contribution in [3.8, 4) is 39.9 Å². The summed E-state index contributed by atoms with van der Waals surface area (Å²) in [5.74, 6) is 1.73. The summed E-state index contributed by atoms with van der Waals surface area (Å²) >= 11 is 1.81. The molecule has 0 aliphatic carbocycles. The van der Waals surface area contributed by atoms with Gasteiger partial charge in [0, 0.05) is 52.8 Å². The van der Waals surface area contributed by atoms with Crippen molar-refractivity contribution >= 4 is 108 Å². The smallest absolute Gasteiger partial charge is 0.170 e. The van der Waals surface area contributed by atoms with E-state index in [4.69, 9.17) is 19.4 Å². The van der Waals surface area contributed by atoms with Gasteiger partial charge in [-0.2, -0.15) is 0 Å². The largest absolute Gasteiger partial charge is 0.455 e. The molecule has 0 N–H and O–H groups in total. The molecule has 292 valence electrons. The minimum absolute atomic E-state index is 0.537. The highest BCUT2D eigenvalue weighted by Crippen LogP contribution is 2.45. The van der Waals surface area contributed by atoms with Gasteiger partial charge in [0.2, 0.25) is 0 Å². The Bertz CT molecular complexity index is 4230. The Balaban J connectivity index is 1.14. The lowest BCUT2D eigenvalue weighted by Crippen LogP contribution is -2.04. The number of furan rings is 1. The van der Waals surface area contributed by atoms with E-state index in [0.717, 1.165) is 66.1 Å². The van der Waals surface area contributed by atoms with Gasteiger partial charge < -0.3 is 8.98 Å². The Labute approximate surface area is 363 Å². The molecule has 0 unspecified atom stereocenters. The van der Waals surface area contributed by atoms with Crippen molar-refractivity contribution < 1.29 is 4.42 Å². The summed E-state index contributed by atoms with van der Waals surface area (Å²) in [4.78, 5) is 16.4. The average molecular weight is 821 g/mol. The molecular formula is C57H32N4OS. The molecule has 4 heterocycles. The predicted octanol–water partition coefficient (Wildman–Crippen LogP) is 15.7. The Hall–Kier alpha value is -8.19. The maximum atomic E-state index is 6.99. The third-order valence-electron chi connectivity index (χ3n) is 12.8. The van der Waals surface area contributed by atoms with E-state index in [-0.39, 0.29) is 0 Å². The normalized spacial score (nSPS) is 12.1. The second kappa shape index (κ2) is 13.2. The summed E-state index contributed by atoms with van der Waals surface area (Å²) in [7, 11) is 0. The number of hydrogen-bond acceptors (Lipinski definition) is 5. The summed E-state index contributed by atoms with van der Waals surface area (Å²) in [6.45, 7) is 0. The summed E-state index contributed by atoms with van der Waals surface area (Å²) in [5.41, 5.74) is 7.30. The Morgan fingerprint density at radius 1 is 0.397 bits per heavy atom. The van der Waals surface area contributed by atoms with Crippen LogP contribution in [0.15, 0.2) is 199 Å². The summed E-state index contributed by atoms with van der Waals surface area (Å²) < 4.78 is 11.9. The number of nitrogens with zero attached hydrogens (tertiary/aromatic N) is 4. The topological polar surface area (TPSA) is 56.7 Å². The highest BCUT2D eigenvalue weighted by Gasteiger charge is 2.26. The zero-order valence-electron chi connectivity index (χ0n) is 33.6. The van der Waals surface area contributed by atoms with Gasteiger partial charge >= 0.3 is 0 Å². The minimum Gasteiger partial charge on any atom is -0.455 e. The van der Waals surface area contributed by atoms with Crippen LogP contribution in [0.5, 0.6) is 0 Å². The molecule has 0 bridgehead atoms. The average Bonchev–Trinajstić information content (AvgIpc) is 4.01. The SMILES string of the molecule is c1ccc2cc3c(cc2c1)c1c2ccccc2ccc1n3-c1ccc2c(oc3ccccc32)c1-c1nc(-c2ccc3sc4ccccc4c3c2)nc(-c2cccc3ccccc23)n1. The van der Waals surface area contributed by atoms with Crippen LogP contribution >= 0.6 is 11.3 Å². The van der Waals surface area contributed by atoms with Crippen molar-refractivity contribution in [2.24, 2.45) is 0 Å². The summed E-state index contributed by atoms with van der Waals surface area (Å²) in [6, 6.07) is 69.1. The first kappa shape index (κ1) is 34.5. The molecule has 0 radical (unpaired) electrons. The molecule has 14 rings (SSSR count). The van der Waals surface area contributed by atoms with E-state index in [9.17, 15) is 0 Å². The highest BCUT2D eigenvalue weighted by atomic mass is 32.1. The van der Waals surface area contributed by atoms with E-state index in [1.54, 1.807) is 11.3 Å². The van der Waals surface area contributed by atoms with Crippen LogP contribution in [0.1, 0.15) is 0 Å². The van der Waals surface area contributed by atoms with Crippen molar-refractivity contribution in [2.75, 3.05) is 0 Å². The molecule has 0 aliphatic rings. The van der Waals surface area contributed by atoms with Gasteiger partial charge in [-0.15, -0.1) is 11.3 Å². The number of fused-ring (bicyclic) bond motifs is 13. The standard InChI is InChI=1S/C57H32N4OS/c1-2-15-36-32-48-45(30-35(36)14-1)52-39-18-6-4-13-34(39)24-27-46(52)61(48)47-28-26-42-40-19-7-9-22-49(40)62-54(42)53(47)57-59-55(37-25-29-51-44(31-37)41-20-8-10-23-50(41)63-51)58-56(60-57)43-21-11-16-33-12-3-5-17-38(33)43/h1-32H. The van der Waals surface area contributed by atoms with Crippen LogP contribution in [0, 0.1) is 0 Å². The minimum atomic E-state index is 0.537. The lowest BCUT2D eigenvalue weighted by atomic mass is 10.0. The first-order valence-corrected chi connectivity index (χ1v) is 22.0. The van der Waals surface area contributed by atoms with Crippen molar-refractivity contribution in [1.29, 1.82) is 0 Å². The molecule has 0 spiro atoms. The third-order valence-corrected chi connectivity index (χ3v) is 14.0. The molecule has 10 aromatic carbocycles. The van der Waals surface area contributed by atoms with E-state index >= 15 is 0 Å². The summed E-state index contributed by atoms with van der Waals surface area (Å²) in [6.07, 6.45) is 0. The molecule has 0 saturated carbocycles. The number of rotatable bonds is 4. The second-order valence-electron chi connectivity index (χ2n) is 16.3. The molecule has 0 saturated heterocycles. The van der Waals surface area contributed by atoms with Gasteiger partial charge in [0.05, 0.1) is 22.3 Å². The van der Waals surface area contributed by atoms with E-state index in [1.807, 2.05) is 12.1 Å². The molecule has 14 aromatic rings. The zero-order valence-corrected chi connectivity index (χ0v) is 34.4. The van der Waals surface area contributed by atoms with Crippen LogP contribution in [0.3, 0.4) is 0 Å². The fourth-order valence-corrected chi connectivity index (χ4v) is 11.0. The fourth-order valence-electron chi connectivity index (χ4n) is 9.94. The van der Waals surface area contributed by atoms with Gasteiger partial charge in [-0.1, -0.05) is 133 Å². The molecule has 0 amide bonds. The summed E-state index contributed by atoms with van der Waals surface area (Å²) in [5, 5.41) is 13.8. The third kappa shape index (κ3) is 5.13. The Kier molecular flexibility index (Phi) is 7.21. The van der Waals surface area contributed by atoms with Crippen LogP contribution in [-0.2, 0) is 0 Å². The zero-order chi connectivity index (χ0) is 41.2. The lowest BCUT2D eigenvalue weighted by Gasteiger charge is -2.16. The number of hydrogen-bond donors (Lipinski definition) is 0. The first-order chi connectivity index (χ1) is 31.2. The molecular weight excluding hydrogens is 789 g/mol. The van der Waals surface area contributed by atoms with Crippen LogP contribution in [0.2, 0.25) is 0 Å². The molecule has 6 heteroatoms. The monoisotopic (exact) mass is 820 g/mol. The van der Waals surface area contributed by atoms with Crippen molar-refractivity contribution in [3.05, 3.63) is 194 Å². The highest BCUT2D eigenvalue weighted by molar-refractivity contribution is 7.25. The van der Waals surface area contributed by atoms with Gasteiger partial charge in [-0.05, 0) is 93.0 Å². The van der Waals surface area contributed by atoms with Gasteiger partial charge in [0.1, 0.15) is 11.2 Å².